The van der Waals surface area contributed by atoms with Crippen molar-refractivity contribution in [2.24, 2.45) is 0 Å². The van der Waals surface area contributed by atoms with Crippen LogP contribution in [-0.4, -0.2) is 37.3 Å². The molecule has 21 heavy (non-hydrogen) atoms. The molecule has 0 saturated carbocycles. The highest BCUT2D eigenvalue weighted by molar-refractivity contribution is 7.90. The van der Waals surface area contributed by atoms with Crippen molar-refractivity contribution in [1.29, 1.82) is 0 Å². The first-order valence-corrected chi connectivity index (χ1v) is 7.88. The van der Waals surface area contributed by atoms with E-state index in [0.717, 1.165) is 6.26 Å². The first-order valence-electron chi connectivity index (χ1n) is 5.99. The van der Waals surface area contributed by atoms with Crippen molar-refractivity contribution < 1.29 is 17.9 Å². The highest BCUT2D eigenvalue weighted by atomic mass is 32.2. The smallest absolute Gasteiger partial charge is 0.360 e. The van der Waals surface area contributed by atoms with Gasteiger partial charge in [-0.05, 0) is 31.2 Å². The largest absolute Gasteiger partial charge is 0.464 e. The highest BCUT2D eigenvalue weighted by Gasteiger charge is 2.20. The second kappa shape index (κ2) is 5.21. The Balaban J connectivity index is 2.53. The molecule has 1 aromatic carbocycles. The van der Waals surface area contributed by atoms with Crippen LogP contribution in [0.1, 0.15) is 16.3 Å². The molecule has 0 aliphatic carbocycles. The van der Waals surface area contributed by atoms with Crippen LogP contribution < -0.4 is 5.73 Å². The van der Waals surface area contributed by atoms with E-state index < -0.39 is 15.8 Å². The molecule has 0 fully saturated rings. The normalized spacial score (nSPS) is 11.4. The predicted octanol–water partition coefficient (Wildman–Crippen LogP) is 0.953. The quantitative estimate of drug-likeness (QED) is 0.847. The Morgan fingerprint density at radius 2 is 1.86 bits per heavy atom. The van der Waals surface area contributed by atoms with Crippen LogP contribution in [0.2, 0.25) is 0 Å². The van der Waals surface area contributed by atoms with E-state index in [1.807, 2.05) is 0 Å². The van der Waals surface area contributed by atoms with Crippen LogP contribution in [0.3, 0.4) is 0 Å². The molecule has 0 aliphatic heterocycles. The third-order valence-electron chi connectivity index (χ3n) is 2.98. The first kappa shape index (κ1) is 15.0. The number of benzene rings is 1. The zero-order valence-corrected chi connectivity index (χ0v) is 12.6. The van der Waals surface area contributed by atoms with Crippen LogP contribution >= 0.6 is 0 Å². The van der Waals surface area contributed by atoms with Gasteiger partial charge >= 0.3 is 5.97 Å². The average Bonchev–Trinajstić information content (AvgIpc) is 2.72. The fourth-order valence-corrected chi connectivity index (χ4v) is 2.59. The SMILES string of the molecule is COC(=O)c1nc(C)n(-c2ccc(S(C)(=O)=O)cc2)c1N. The average molecular weight is 309 g/mol. The van der Waals surface area contributed by atoms with Gasteiger partial charge in [0.25, 0.3) is 0 Å². The van der Waals surface area contributed by atoms with Gasteiger partial charge in [-0.2, -0.15) is 0 Å². The number of aryl methyl sites for hydroxylation is 1. The number of hydrogen-bond donors (Lipinski definition) is 1. The number of rotatable bonds is 3. The summed E-state index contributed by atoms with van der Waals surface area (Å²) in [6.07, 6.45) is 1.13. The summed E-state index contributed by atoms with van der Waals surface area (Å²) < 4.78 is 29.0. The van der Waals surface area contributed by atoms with Gasteiger partial charge in [-0.25, -0.2) is 18.2 Å². The molecule has 2 aromatic rings. The first-order chi connectivity index (χ1) is 9.75. The number of carbonyl (C=O) groups is 1. The lowest BCUT2D eigenvalue weighted by Crippen LogP contribution is -2.08. The van der Waals surface area contributed by atoms with E-state index in [4.69, 9.17) is 5.73 Å². The number of sulfone groups is 1. The van der Waals surface area contributed by atoms with Crippen LogP contribution in [-0.2, 0) is 14.6 Å². The molecule has 112 valence electrons. The zero-order chi connectivity index (χ0) is 15.8. The second-order valence-corrected chi connectivity index (χ2v) is 6.50. The lowest BCUT2D eigenvalue weighted by Gasteiger charge is -2.08. The van der Waals surface area contributed by atoms with Crippen LogP contribution in [0, 0.1) is 6.92 Å². The van der Waals surface area contributed by atoms with Gasteiger partial charge in [-0.15, -0.1) is 0 Å². The second-order valence-electron chi connectivity index (χ2n) is 4.49. The number of hydrogen-bond acceptors (Lipinski definition) is 6. The number of aromatic nitrogens is 2. The number of nitrogen functional groups attached to an aromatic ring is 1. The van der Waals surface area contributed by atoms with Gasteiger partial charge in [0.1, 0.15) is 11.6 Å². The van der Waals surface area contributed by atoms with Crippen molar-refractivity contribution in [3.05, 3.63) is 35.8 Å². The van der Waals surface area contributed by atoms with E-state index in [2.05, 4.69) is 9.72 Å². The van der Waals surface area contributed by atoms with Gasteiger partial charge in [-0.3, -0.25) is 4.57 Å². The number of methoxy groups -OCH3 is 1. The van der Waals surface area contributed by atoms with Crippen molar-refractivity contribution in [2.75, 3.05) is 19.1 Å². The Labute approximate surface area is 122 Å². The van der Waals surface area contributed by atoms with Crippen molar-refractivity contribution in [3.8, 4) is 5.69 Å². The number of esters is 1. The number of carbonyl (C=O) groups excluding carboxylic acids is 1. The summed E-state index contributed by atoms with van der Waals surface area (Å²) in [5.74, 6) is 0.0218. The molecular formula is C13H15N3O4S. The van der Waals surface area contributed by atoms with E-state index in [-0.39, 0.29) is 16.4 Å². The summed E-state index contributed by atoms with van der Waals surface area (Å²) in [5.41, 5.74) is 6.56. The Bertz CT molecular complexity index is 792. The minimum atomic E-state index is -3.26. The number of nitrogens with two attached hydrogens (primary N) is 1. The van der Waals surface area contributed by atoms with E-state index >= 15 is 0 Å². The molecule has 0 aliphatic rings. The van der Waals surface area contributed by atoms with Crippen LogP contribution in [0.4, 0.5) is 5.82 Å². The predicted molar refractivity (Wildman–Crippen MR) is 77.2 cm³/mol. The molecule has 0 spiro atoms. The summed E-state index contributed by atoms with van der Waals surface area (Å²) in [5, 5.41) is 0. The van der Waals surface area contributed by atoms with Gasteiger partial charge in [0.15, 0.2) is 15.5 Å². The van der Waals surface area contributed by atoms with E-state index in [0.29, 0.717) is 11.5 Å². The number of imidazole rings is 1. The number of anilines is 1. The molecule has 0 atom stereocenters. The van der Waals surface area contributed by atoms with E-state index in [1.54, 1.807) is 23.6 Å². The standard InChI is InChI=1S/C13H15N3O4S/c1-8-15-11(13(17)20-2)12(14)16(8)9-4-6-10(7-5-9)21(3,18)19/h4-7H,14H2,1-3H3. The van der Waals surface area contributed by atoms with Gasteiger partial charge < -0.3 is 10.5 Å². The fourth-order valence-electron chi connectivity index (χ4n) is 1.96. The van der Waals surface area contributed by atoms with Crippen molar-refractivity contribution in [3.63, 3.8) is 0 Å². The Hall–Kier alpha value is -2.35. The molecule has 2 rings (SSSR count). The lowest BCUT2D eigenvalue weighted by molar-refractivity contribution is 0.0596. The monoisotopic (exact) mass is 309 g/mol. The molecular weight excluding hydrogens is 294 g/mol. The van der Waals surface area contributed by atoms with Gasteiger partial charge in [0.2, 0.25) is 0 Å². The molecule has 1 aromatic heterocycles. The maximum absolute atomic E-state index is 11.6. The van der Waals surface area contributed by atoms with Crippen LogP contribution in [0.25, 0.3) is 5.69 Å². The highest BCUT2D eigenvalue weighted by Crippen LogP contribution is 2.22. The summed E-state index contributed by atoms with van der Waals surface area (Å²) in [7, 11) is -2.02. The zero-order valence-electron chi connectivity index (χ0n) is 11.8. The molecule has 0 unspecified atom stereocenters. The van der Waals surface area contributed by atoms with Gasteiger partial charge in [0, 0.05) is 11.9 Å². The molecule has 7 nitrogen and oxygen atoms in total. The van der Waals surface area contributed by atoms with Crippen LogP contribution in [0.5, 0.6) is 0 Å². The third-order valence-corrected chi connectivity index (χ3v) is 4.11. The minimum absolute atomic E-state index is 0.0298. The molecule has 0 amide bonds. The number of ether oxygens (including phenoxy) is 1. The minimum Gasteiger partial charge on any atom is -0.464 e. The summed E-state index contributed by atoms with van der Waals surface area (Å²) in [6.45, 7) is 1.69. The maximum Gasteiger partial charge on any atom is 0.360 e. The molecule has 8 heteroatoms. The van der Waals surface area contributed by atoms with E-state index in [1.165, 1.54) is 19.2 Å². The Kier molecular flexibility index (Phi) is 3.73. The molecule has 1 heterocycles. The van der Waals surface area contributed by atoms with Gasteiger partial charge in [-0.1, -0.05) is 0 Å². The molecule has 0 radical (unpaired) electrons. The Morgan fingerprint density at radius 1 is 1.29 bits per heavy atom. The summed E-state index contributed by atoms with van der Waals surface area (Å²) >= 11 is 0. The molecule has 0 saturated heterocycles. The lowest BCUT2D eigenvalue weighted by atomic mass is 10.3. The van der Waals surface area contributed by atoms with Crippen molar-refractivity contribution >= 4 is 21.6 Å². The van der Waals surface area contributed by atoms with Crippen molar-refractivity contribution in [2.45, 2.75) is 11.8 Å². The maximum atomic E-state index is 11.6. The topological polar surface area (TPSA) is 104 Å². The number of nitrogens with zero attached hydrogens (tertiary/aromatic N) is 2. The Morgan fingerprint density at radius 3 is 2.33 bits per heavy atom. The summed E-state index contributed by atoms with van der Waals surface area (Å²) in [4.78, 5) is 15.8. The fraction of sp³-hybridized carbons (Fsp3) is 0.231. The van der Waals surface area contributed by atoms with Crippen molar-refractivity contribution in [1.82, 2.24) is 9.55 Å². The van der Waals surface area contributed by atoms with Crippen LogP contribution in [0.15, 0.2) is 29.2 Å². The van der Waals surface area contributed by atoms with Gasteiger partial charge in [0.05, 0.1) is 12.0 Å². The third kappa shape index (κ3) is 2.75. The van der Waals surface area contributed by atoms with E-state index in [9.17, 15) is 13.2 Å². The molecule has 2 N–H and O–H groups in total. The molecule has 0 bridgehead atoms. The summed E-state index contributed by atoms with van der Waals surface area (Å²) in [6, 6.07) is 6.15.